The zero-order valence-electron chi connectivity index (χ0n) is 12.1. The molecule has 1 aliphatic heterocycles. The molecule has 0 saturated carbocycles. The number of rotatable bonds is 7. The van der Waals surface area contributed by atoms with Crippen molar-refractivity contribution in [2.24, 2.45) is 0 Å². The van der Waals surface area contributed by atoms with Crippen LogP contribution in [-0.4, -0.2) is 30.1 Å². The summed E-state index contributed by atoms with van der Waals surface area (Å²) in [6.07, 6.45) is 4.15. The van der Waals surface area contributed by atoms with E-state index in [0.29, 0.717) is 0 Å². The molecule has 6 heteroatoms. The maximum atomic E-state index is 5.43. The van der Waals surface area contributed by atoms with Crippen LogP contribution in [0.25, 0.3) is 6.08 Å². The summed E-state index contributed by atoms with van der Waals surface area (Å²) in [5.41, 5.74) is 2.51. The topological polar surface area (TPSA) is 39.7 Å². The molecule has 0 radical (unpaired) electrons. The molecule has 0 unspecified atom stereocenters. The van der Waals surface area contributed by atoms with E-state index in [4.69, 9.17) is 13.3 Å². The predicted octanol–water partition coefficient (Wildman–Crippen LogP) is 3.30. The molecule has 0 spiro atoms. The number of hydrogen-bond donors (Lipinski definition) is 1. The van der Waals surface area contributed by atoms with Gasteiger partial charge in [-0.2, -0.15) is 0 Å². The Balaban J connectivity index is 1.91. The molecule has 20 heavy (non-hydrogen) atoms. The molecule has 0 atom stereocenters. The molecule has 4 nitrogen and oxygen atoms in total. The second kappa shape index (κ2) is 7.28. The summed E-state index contributed by atoms with van der Waals surface area (Å²) in [6.45, 7) is 0. The van der Waals surface area contributed by atoms with Crippen LogP contribution in [-0.2, 0) is 13.3 Å². The predicted molar refractivity (Wildman–Crippen MR) is 84.2 cm³/mol. The summed E-state index contributed by atoms with van der Waals surface area (Å²) in [4.78, 5) is 1.27. The minimum Gasteiger partial charge on any atom is -0.377 e. The molecule has 1 aliphatic rings. The van der Waals surface area contributed by atoms with E-state index in [1.807, 2.05) is 0 Å². The Labute approximate surface area is 126 Å². The highest BCUT2D eigenvalue weighted by Crippen LogP contribution is 2.29. The Bertz CT molecular complexity index is 469. The molecule has 2 rings (SSSR count). The van der Waals surface area contributed by atoms with E-state index in [1.54, 1.807) is 33.3 Å². The fraction of sp³-hybridized carbons (Fsp3) is 0.429. The van der Waals surface area contributed by atoms with Crippen LogP contribution in [0.3, 0.4) is 0 Å². The van der Waals surface area contributed by atoms with Crippen molar-refractivity contribution in [1.29, 1.82) is 0 Å². The lowest BCUT2D eigenvalue weighted by atomic mass is 10.1. The van der Waals surface area contributed by atoms with Gasteiger partial charge in [-0.05, 0) is 42.5 Å². The molecule has 1 aromatic rings. The van der Waals surface area contributed by atoms with Crippen molar-refractivity contribution in [1.82, 2.24) is 4.72 Å². The van der Waals surface area contributed by atoms with Crippen LogP contribution >= 0.6 is 11.9 Å². The van der Waals surface area contributed by atoms with Gasteiger partial charge in [0.15, 0.2) is 0 Å². The summed E-state index contributed by atoms with van der Waals surface area (Å²) < 4.78 is 19.7. The Hall–Kier alpha value is -0.793. The van der Waals surface area contributed by atoms with E-state index in [0.717, 1.165) is 18.9 Å². The second-order valence-corrected chi connectivity index (χ2v) is 8.50. The Morgan fingerprint density at radius 1 is 1.10 bits per heavy atom. The molecule has 0 aromatic heterocycles. The van der Waals surface area contributed by atoms with E-state index in [1.165, 1.54) is 16.2 Å². The normalized spacial score (nSPS) is 14.4. The molecule has 110 valence electrons. The fourth-order valence-electron chi connectivity index (χ4n) is 2.21. The zero-order valence-corrected chi connectivity index (χ0v) is 14.0. The fourth-order valence-corrected chi connectivity index (χ4v) is 4.72. The van der Waals surface area contributed by atoms with Crippen molar-refractivity contribution in [3.05, 3.63) is 35.5 Å². The first-order valence-corrected chi connectivity index (χ1v) is 9.36. The van der Waals surface area contributed by atoms with Crippen LogP contribution in [0, 0.1) is 0 Å². The maximum absolute atomic E-state index is 5.43. The number of hydrogen-bond acceptors (Lipinski definition) is 5. The van der Waals surface area contributed by atoms with Crippen molar-refractivity contribution in [2.45, 2.75) is 23.8 Å². The average molecular weight is 311 g/mol. The molecular formula is C14H21NO3SSi. The highest BCUT2D eigenvalue weighted by atomic mass is 32.2. The van der Waals surface area contributed by atoms with Gasteiger partial charge < -0.3 is 18.0 Å². The van der Waals surface area contributed by atoms with Crippen LogP contribution in [0.4, 0.5) is 0 Å². The van der Waals surface area contributed by atoms with Crippen LogP contribution in [0.2, 0.25) is 6.04 Å². The molecule has 0 aliphatic carbocycles. The highest BCUT2D eigenvalue weighted by Gasteiger charge is 2.36. The number of nitrogens with one attached hydrogen (secondary N) is 1. The van der Waals surface area contributed by atoms with Crippen LogP contribution < -0.4 is 4.72 Å². The van der Waals surface area contributed by atoms with Gasteiger partial charge in [-0.3, -0.25) is 0 Å². The molecule has 0 amide bonds. The summed E-state index contributed by atoms with van der Waals surface area (Å²) in [6, 6.07) is 9.21. The van der Waals surface area contributed by atoms with Gasteiger partial charge in [0.05, 0.1) is 0 Å². The Kier molecular flexibility index (Phi) is 5.68. The molecule has 1 aromatic carbocycles. The minimum absolute atomic E-state index is 0.821. The lowest BCUT2D eigenvalue weighted by molar-refractivity contribution is 0.123. The third kappa shape index (κ3) is 3.65. The summed E-state index contributed by atoms with van der Waals surface area (Å²) in [5, 5.41) is 0. The standard InChI is InChI=1S/C14H21NO3SSi/c1-16-20(17-2,18-3)10-6-8-13-11-12-7-4-5-9-14(12)19-15-13/h4-5,7,9,11,15H,6,8,10H2,1-3H3. The maximum Gasteiger partial charge on any atom is 0.500 e. The van der Waals surface area contributed by atoms with E-state index in [9.17, 15) is 0 Å². The number of benzene rings is 1. The third-order valence-corrected chi connectivity index (χ3v) is 7.19. The lowest BCUT2D eigenvalue weighted by Crippen LogP contribution is -2.42. The van der Waals surface area contributed by atoms with E-state index >= 15 is 0 Å². The van der Waals surface area contributed by atoms with Crippen LogP contribution in [0.1, 0.15) is 18.4 Å². The van der Waals surface area contributed by atoms with Gasteiger partial charge in [0.25, 0.3) is 0 Å². The van der Waals surface area contributed by atoms with Crippen LogP contribution in [0.15, 0.2) is 34.9 Å². The van der Waals surface area contributed by atoms with Gasteiger partial charge in [-0.15, -0.1) is 0 Å². The van der Waals surface area contributed by atoms with Crippen LogP contribution in [0.5, 0.6) is 0 Å². The second-order valence-electron chi connectivity index (χ2n) is 4.56. The molecule has 1 N–H and O–H groups in total. The Morgan fingerprint density at radius 2 is 1.80 bits per heavy atom. The summed E-state index contributed by atoms with van der Waals surface area (Å²) >= 11 is 1.67. The zero-order chi connectivity index (χ0) is 14.4. The molecular weight excluding hydrogens is 290 g/mol. The Morgan fingerprint density at radius 3 is 2.50 bits per heavy atom. The average Bonchev–Trinajstić information content (AvgIpc) is 2.52. The van der Waals surface area contributed by atoms with Crippen molar-refractivity contribution >= 4 is 26.8 Å². The SMILES string of the molecule is CO[Si](CCCC1=Cc2ccccc2SN1)(OC)OC. The third-order valence-electron chi connectivity index (χ3n) is 3.40. The van der Waals surface area contributed by atoms with Crippen molar-refractivity contribution in [3.8, 4) is 0 Å². The smallest absolute Gasteiger partial charge is 0.377 e. The highest BCUT2D eigenvalue weighted by molar-refractivity contribution is 7.97. The molecule has 1 heterocycles. The molecule has 0 saturated heterocycles. The van der Waals surface area contributed by atoms with E-state index in [2.05, 4.69) is 35.1 Å². The van der Waals surface area contributed by atoms with Gasteiger partial charge in [-0.1, -0.05) is 18.2 Å². The first-order chi connectivity index (χ1) is 9.73. The van der Waals surface area contributed by atoms with Gasteiger partial charge >= 0.3 is 8.80 Å². The first kappa shape index (κ1) is 15.6. The van der Waals surface area contributed by atoms with Crippen molar-refractivity contribution in [3.63, 3.8) is 0 Å². The van der Waals surface area contributed by atoms with Gasteiger partial charge in [0, 0.05) is 38.0 Å². The number of fused-ring (bicyclic) bond motifs is 1. The largest absolute Gasteiger partial charge is 0.500 e. The van der Waals surface area contributed by atoms with E-state index < -0.39 is 8.80 Å². The number of allylic oxidation sites excluding steroid dienone is 1. The van der Waals surface area contributed by atoms with Crippen molar-refractivity contribution < 1.29 is 13.3 Å². The van der Waals surface area contributed by atoms with E-state index in [-0.39, 0.29) is 0 Å². The quantitative estimate of drug-likeness (QED) is 0.618. The first-order valence-electron chi connectivity index (χ1n) is 6.61. The lowest BCUT2D eigenvalue weighted by Gasteiger charge is -2.24. The molecule has 0 fully saturated rings. The van der Waals surface area contributed by atoms with Gasteiger partial charge in [0.1, 0.15) is 0 Å². The van der Waals surface area contributed by atoms with Gasteiger partial charge in [0.2, 0.25) is 0 Å². The minimum atomic E-state index is -2.44. The monoisotopic (exact) mass is 311 g/mol. The summed E-state index contributed by atoms with van der Waals surface area (Å²) in [5.74, 6) is 0. The van der Waals surface area contributed by atoms with Crippen molar-refractivity contribution in [2.75, 3.05) is 21.3 Å². The molecule has 0 bridgehead atoms. The summed E-state index contributed by atoms with van der Waals surface area (Å²) in [7, 11) is 2.53. The van der Waals surface area contributed by atoms with Gasteiger partial charge in [-0.25, -0.2) is 0 Å².